The van der Waals surface area contributed by atoms with Crippen LogP contribution in [-0.2, 0) is 12.8 Å². The van der Waals surface area contributed by atoms with E-state index in [4.69, 9.17) is 0 Å². The quantitative estimate of drug-likeness (QED) is 0.529. The van der Waals surface area contributed by atoms with Crippen molar-refractivity contribution in [1.29, 1.82) is 0 Å². The van der Waals surface area contributed by atoms with Crippen LogP contribution in [0.3, 0.4) is 0 Å². The van der Waals surface area contributed by atoms with E-state index in [-0.39, 0.29) is 11.4 Å². The number of rotatable bonds is 4. The van der Waals surface area contributed by atoms with Gasteiger partial charge in [0.15, 0.2) is 17.3 Å². The Morgan fingerprint density at radius 1 is 1.21 bits per heavy atom. The van der Waals surface area contributed by atoms with Gasteiger partial charge in [-0.1, -0.05) is 6.07 Å². The summed E-state index contributed by atoms with van der Waals surface area (Å²) in [5.41, 5.74) is 2.58. The molecular formula is C20H16F2N4O3. The fourth-order valence-corrected chi connectivity index (χ4v) is 3.59. The highest BCUT2D eigenvalue weighted by molar-refractivity contribution is 6.04. The SMILES string of the molecule is Cc1c(NC(=O)c2nn(-c3ccc(F)c(F)c3)c3c2CCC3)cccc1[N+](=O)[O-]. The molecular weight excluding hydrogens is 382 g/mol. The number of aromatic nitrogens is 2. The predicted molar refractivity (Wildman–Crippen MR) is 101 cm³/mol. The van der Waals surface area contributed by atoms with Gasteiger partial charge in [0.05, 0.1) is 21.9 Å². The number of hydrogen-bond donors (Lipinski definition) is 1. The zero-order chi connectivity index (χ0) is 20.7. The summed E-state index contributed by atoms with van der Waals surface area (Å²) in [5, 5.41) is 18.1. The molecule has 0 radical (unpaired) electrons. The van der Waals surface area contributed by atoms with Crippen LogP contribution in [0.2, 0.25) is 0 Å². The van der Waals surface area contributed by atoms with Gasteiger partial charge >= 0.3 is 0 Å². The van der Waals surface area contributed by atoms with Gasteiger partial charge in [-0.15, -0.1) is 0 Å². The maximum Gasteiger partial charge on any atom is 0.276 e. The van der Waals surface area contributed by atoms with Gasteiger partial charge in [-0.25, -0.2) is 13.5 Å². The van der Waals surface area contributed by atoms with Crippen molar-refractivity contribution in [3.63, 3.8) is 0 Å². The third-order valence-corrected chi connectivity index (χ3v) is 5.04. The number of nitrogens with zero attached hydrogens (tertiary/aromatic N) is 3. The lowest BCUT2D eigenvalue weighted by Crippen LogP contribution is -2.16. The number of hydrogen-bond acceptors (Lipinski definition) is 4. The van der Waals surface area contributed by atoms with Crippen molar-refractivity contribution in [1.82, 2.24) is 9.78 Å². The van der Waals surface area contributed by atoms with Crippen LogP contribution in [0, 0.1) is 28.7 Å². The van der Waals surface area contributed by atoms with Gasteiger partial charge in [0.25, 0.3) is 11.6 Å². The Balaban J connectivity index is 1.71. The van der Waals surface area contributed by atoms with Crippen LogP contribution in [0.4, 0.5) is 20.2 Å². The van der Waals surface area contributed by atoms with E-state index in [9.17, 15) is 23.7 Å². The Bertz CT molecular complexity index is 1160. The molecule has 0 aliphatic heterocycles. The average Bonchev–Trinajstić information content (AvgIpc) is 3.28. The number of benzene rings is 2. The summed E-state index contributed by atoms with van der Waals surface area (Å²) in [6.07, 6.45) is 2.10. The molecule has 0 unspecified atom stereocenters. The van der Waals surface area contributed by atoms with Crippen molar-refractivity contribution in [2.75, 3.05) is 5.32 Å². The van der Waals surface area contributed by atoms with Crippen molar-refractivity contribution < 1.29 is 18.5 Å². The van der Waals surface area contributed by atoms with E-state index in [0.717, 1.165) is 29.8 Å². The smallest absolute Gasteiger partial charge is 0.276 e. The molecule has 0 saturated carbocycles. The van der Waals surface area contributed by atoms with Crippen LogP contribution in [0.1, 0.15) is 33.7 Å². The minimum atomic E-state index is -0.997. The Morgan fingerprint density at radius 3 is 2.72 bits per heavy atom. The van der Waals surface area contributed by atoms with E-state index < -0.39 is 22.5 Å². The van der Waals surface area contributed by atoms with Crippen LogP contribution in [-0.4, -0.2) is 20.6 Å². The standard InChI is InChI=1S/C20H16F2N4O3/c1-11-16(5-3-6-17(11)26(28)29)23-20(27)19-13-4-2-7-18(13)25(24-19)12-8-9-14(21)15(22)10-12/h3,5-6,8-10H,2,4,7H2,1H3,(H,23,27). The number of fused-ring (bicyclic) bond motifs is 1. The average molecular weight is 398 g/mol. The summed E-state index contributed by atoms with van der Waals surface area (Å²) in [6.45, 7) is 1.55. The van der Waals surface area contributed by atoms with E-state index in [1.807, 2.05) is 0 Å². The van der Waals surface area contributed by atoms with Gasteiger partial charge in [-0.05, 0) is 44.4 Å². The van der Waals surface area contributed by atoms with E-state index in [1.165, 1.54) is 22.9 Å². The van der Waals surface area contributed by atoms with Crippen LogP contribution >= 0.6 is 0 Å². The van der Waals surface area contributed by atoms with Gasteiger partial charge in [0.2, 0.25) is 0 Å². The topological polar surface area (TPSA) is 90.1 Å². The van der Waals surface area contributed by atoms with Crippen LogP contribution in [0.15, 0.2) is 36.4 Å². The number of amides is 1. The summed E-state index contributed by atoms with van der Waals surface area (Å²) >= 11 is 0. The third kappa shape index (κ3) is 3.24. The van der Waals surface area contributed by atoms with Crippen molar-refractivity contribution in [3.05, 3.63) is 80.7 Å². The Kier molecular flexibility index (Phi) is 4.57. The first-order valence-electron chi connectivity index (χ1n) is 8.98. The maximum atomic E-state index is 13.7. The fourth-order valence-electron chi connectivity index (χ4n) is 3.59. The highest BCUT2D eigenvalue weighted by Crippen LogP contribution is 2.30. The first-order valence-corrected chi connectivity index (χ1v) is 8.98. The Labute approximate surface area is 164 Å². The number of nitrogens with one attached hydrogen (secondary N) is 1. The molecule has 29 heavy (non-hydrogen) atoms. The number of anilines is 1. The van der Waals surface area contributed by atoms with Crippen molar-refractivity contribution in [3.8, 4) is 5.69 Å². The van der Waals surface area contributed by atoms with Gasteiger partial charge in [-0.3, -0.25) is 14.9 Å². The molecule has 0 spiro atoms. The zero-order valence-electron chi connectivity index (χ0n) is 15.4. The van der Waals surface area contributed by atoms with Crippen LogP contribution < -0.4 is 5.32 Å². The predicted octanol–water partition coefficient (Wildman–Crippen LogP) is 4.11. The molecule has 4 rings (SSSR count). The molecule has 1 aromatic heterocycles. The monoisotopic (exact) mass is 398 g/mol. The van der Waals surface area contributed by atoms with E-state index in [1.54, 1.807) is 13.0 Å². The third-order valence-electron chi connectivity index (χ3n) is 5.04. The molecule has 7 nitrogen and oxygen atoms in total. The Morgan fingerprint density at radius 2 is 2.00 bits per heavy atom. The van der Waals surface area contributed by atoms with Crippen molar-refractivity contribution >= 4 is 17.3 Å². The molecule has 1 aliphatic carbocycles. The minimum absolute atomic E-state index is 0.0969. The van der Waals surface area contributed by atoms with Crippen LogP contribution in [0.25, 0.3) is 5.69 Å². The Hall–Kier alpha value is -3.62. The zero-order valence-corrected chi connectivity index (χ0v) is 15.4. The first kappa shape index (κ1) is 18.7. The van der Waals surface area contributed by atoms with E-state index >= 15 is 0 Å². The van der Waals surface area contributed by atoms with Gasteiger partial charge in [0, 0.05) is 23.4 Å². The molecule has 1 N–H and O–H groups in total. The molecule has 148 valence electrons. The van der Waals surface area contributed by atoms with Gasteiger partial charge in [0.1, 0.15) is 0 Å². The molecule has 0 atom stereocenters. The summed E-state index contributed by atoms with van der Waals surface area (Å²) in [6, 6.07) is 7.88. The second-order valence-corrected chi connectivity index (χ2v) is 6.80. The molecule has 0 fully saturated rings. The lowest BCUT2D eigenvalue weighted by molar-refractivity contribution is -0.385. The maximum absolute atomic E-state index is 13.7. The number of carbonyl (C=O) groups is 1. The van der Waals surface area contributed by atoms with Crippen molar-refractivity contribution in [2.24, 2.45) is 0 Å². The van der Waals surface area contributed by atoms with Gasteiger partial charge in [-0.2, -0.15) is 5.10 Å². The summed E-state index contributed by atoms with van der Waals surface area (Å²) < 4.78 is 28.4. The molecule has 1 heterocycles. The number of carbonyl (C=O) groups excluding carboxylic acids is 1. The first-order chi connectivity index (χ1) is 13.9. The van der Waals surface area contributed by atoms with Crippen LogP contribution in [0.5, 0.6) is 0 Å². The molecule has 0 saturated heterocycles. The molecule has 3 aromatic rings. The van der Waals surface area contributed by atoms with E-state index in [0.29, 0.717) is 29.8 Å². The summed E-state index contributed by atoms with van der Waals surface area (Å²) in [5.74, 6) is -2.47. The second-order valence-electron chi connectivity index (χ2n) is 6.80. The molecule has 0 bridgehead atoms. The molecule has 1 amide bonds. The number of nitro groups is 1. The highest BCUT2D eigenvalue weighted by atomic mass is 19.2. The summed E-state index contributed by atoms with van der Waals surface area (Å²) in [4.78, 5) is 23.5. The minimum Gasteiger partial charge on any atom is -0.320 e. The molecule has 1 aliphatic rings. The fraction of sp³-hybridized carbons (Fsp3) is 0.200. The molecule has 2 aromatic carbocycles. The van der Waals surface area contributed by atoms with Gasteiger partial charge < -0.3 is 5.32 Å². The number of nitro benzene ring substituents is 1. The highest BCUT2D eigenvalue weighted by Gasteiger charge is 2.28. The normalized spacial score (nSPS) is 12.7. The van der Waals surface area contributed by atoms with Crippen molar-refractivity contribution in [2.45, 2.75) is 26.2 Å². The number of halogens is 2. The largest absolute Gasteiger partial charge is 0.320 e. The van der Waals surface area contributed by atoms with E-state index in [2.05, 4.69) is 10.4 Å². The summed E-state index contributed by atoms with van der Waals surface area (Å²) in [7, 11) is 0. The lowest BCUT2D eigenvalue weighted by Gasteiger charge is -2.08. The lowest BCUT2D eigenvalue weighted by atomic mass is 10.1. The molecule has 9 heteroatoms. The second kappa shape index (κ2) is 7.08.